The van der Waals surface area contributed by atoms with Crippen molar-refractivity contribution in [3.63, 3.8) is 0 Å². The zero-order chi connectivity index (χ0) is 10.6. The van der Waals surface area contributed by atoms with Crippen molar-refractivity contribution in [2.45, 2.75) is 46.5 Å². The molecule has 3 saturated carbocycles. The number of esters is 1. The summed E-state index contributed by atoms with van der Waals surface area (Å²) < 4.78 is 4.83. The zero-order valence-electron chi connectivity index (χ0n) is 9.64. The van der Waals surface area contributed by atoms with Gasteiger partial charge in [-0.3, -0.25) is 4.79 Å². The van der Waals surface area contributed by atoms with E-state index in [0.29, 0.717) is 10.8 Å². The lowest BCUT2D eigenvalue weighted by molar-refractivity contribution is -0.234. The maximum absolute atomic E-state index is 11.4. The van der Waals surface area contributed by atoms with Crippen molar-refractivity contribution in [3.05, 3.63) is 0 Å². The standard InChI is InChI=1S/C12H20O2/c1-10(2,3)5-11-6-12(7-11,8-11)9(13)14-4/h5-8H2,1-4H3. The molecule has 0 radical (unpaired) electrons. The highest BCUT2D eigenvalue weighted by molar-refractivity contribution is 5.81. The summed E-state index contributed by atoms with van der Waals surface area (Å²) in [7, 11) is 1.50. The molecule has 3 fully saturated rings. The number of carbonyl (C=O) groups excluding carboxylic acids is 1. The summed E-state index contributed by atoms with van der Waals surface area (Å²) in [4.78, 5) is 11.4. The van der Waals surface area contributed by atoms with Gasteiger partial charge in [0.2, 0.25) is 0 Å². The Labute approximate surface area is 86.0 Å². The molecule has 2 bridgehead atoms. The molecule has 0 heterocycles. The Bertz CT molecular complexity index is 253. The Morgan fingerprint density at radius 1 is 1.29 bits per heavy atom. The van der Waals surface area contributed by atoms with E-state index in [1.54, 1.807) is 0 Å². The van der Waals surface area contributed by atoms with E-state index >= 15 is 0 Å². The number of rotatable bonds is 2. The molecule has 2 heteroatoms. The van der Waals surface area contributed by atoms with Gasteiger partial charge in [0, 0.05) is 0 Å². The van der Waals surface area contributed by atoms with Crippen molar-refractivity contribution >= 4 is 5.97 Å². The van der Waals surface area contributed by atoms with Gasteiger partial charge >= 0.3 is 5.97 Å². The SMILES string of the molecule is COC(=O)C12CC(CC(C)(C)C)(C1)C2. The van der Waals surface area contributed by atoms with E-state index in [4.69, 9.17) is 4.74 Å². The van der Waals surface area contributed by atoms with Crippen LogP contribution in [0.25, 0.3) is 0 Å². The van der Waals surface area contributed by atoms with Crippen LogP contribution in [0.5, 0.6) is 0 Å². The molecule has 0 aromatic heterocycles. The molecule has 0 aromatic carbocycles. The molecule has 3 rings (SSSR count). The molecule has 80 valence electrons. The topological polar surface area (TPSA) is 26.3 Å². The first-order chi connectivity index (χ1) is 6.31. The van der Waals surface area contributed by atoms with Gasteiger partial charge in [-0.05, 0) is 36.5 Å². The minimum absolute atomic E-state index is 0.0216. The van der Waals surface area contributed by atoms with E-state index in [1.165, 1.54) is 13.5 Å². The molecule has 0 aromatic rings. The summed E-state index contributed by atoms with van der Waals surface area (Å²) in [5, 5.41) is 0. The van der Waals surface area contributed by atoms with Crippen molar-refractivity contribution in [1.82, 2.24) is 0 Å². The van der Waals surface area contributed by atoms with Crippen LogP contribution in [-0.2, 0) is 9.53 Å². The second-order valence-electron chi connectivity index (χ2n) is 6.54. The Hall–Kier alpha value is -0.530. The first kappa shape index (κ1) is 10.0. The third-order valence-electron chi connectivity index (χ3n) is 3.66. The molecule has 3 aliphatic carbocycles. The van der Waals surface area contributed by atoms with E-state index < -0.39 is 0 Å². The minimum Gasteiger partial charge on any atom is -0.469 e. The molecule has 3 aliphatic rings. The monoisotopic (exact) mass is 196 g/mol. The normalized spacial score (nSPS) is 39.7. The van der Waals surface area contributed by atoms with Gasteiger partial charge in [0.25, 0.3) is 0 Å². The highest BCUT2D eigenvalue weighted by Gasteiger charge is 2.72. The molecule has 0 amide bonds. The summed E-state index contributed by atoms with van der Waals surface area (Å²) in [5.41, 5.74) is 0.829. The maximum Gasteiger partial charge on any atom is 0.311 e. The molecule has 0 aliphatic heterocycles. The highest BCUT2D eigenvalue weighted by atomic mass is 16.5. The van der Waals surface area contributed by atoms with Gasteiger partial charge in [-0.1, -0.05) is 20.8 Å². The maximum atomic E-state index is 11.4. The molecule has 0 spiro atoms. The number of hydrogen-bond donors (Lipinski definition) is 0. The Balaban J connectivity index is 1.92. The lowest BCUT2D eigenvalue weighted by Gasteiger charge is -2.70. The van der Waals surface area contributed by atoms with Crippen LogP contribution in [-0.4, -0.2) is 13.1 Å². The van der Waals surface area contributed by atoms with Gasteiger partial charge < -0.3 is 4.74 Å². The number of hydrogen-bond acceptors (Lipinski definition) is 2. The Kier molecular flexibility index (Phi) is 1.81. The number of methoxy groups -OCH3 is 1. The fourth-order valence-electron chi connectivity index (χ4n) is 3.74. The average Bonchev–Trinajstić information content (AvgIpc) is 1.90. The van der Waals surface area contributed by atoms with Crippen LogP contribution in [0.3, 0.4) is 0 Å². The van der Waals surface area contributed by atoms with Crippen LogP contribution in [0.4, 0.5) is 0 Å². The summed E-state index contributed by atoms with van der Waals surface area (Å²) in [5.74, 6) is 0.0216. The van der Waals surface area contributed by atoms with Crippen molar-refractivity contribution in [3.8, 4) is 0 Å². The third-order valence-corrected chi connectivity index (χ3v) is 3.66. The van der Waals surface area contributed by atoms with Crippen LogP contribution in [0.2, 0.25) is 0 Å². The first-order valence-electron chi connectivity index (χ1n) is 5.39. The number of ether oxygens (including phenoxy) is 1. The molecular formula is C12H20O2. The van der Waals surface area contributed by atoms with Crippen LogP contribution < -0.4 is 0 Å². The average molecular weight is 196 g/mol. The third kappa shape index (κ3) is 1.27. The van der Waals surface area contributed by atoms with E-state index in [2.05, 4.69) is 20.8 Å². The molecule has 14 heavy (non-hydrogen) atoms. The molecule has 2 nitrogen and oxygen atoms in total. The molecule has 0 unspecified atom stereocenters. The molecule has 0 atom stereocenters. The summed E-state index contributed by atoms with van der Waals surface area (Å²) in [6.07, 6.45) is 4.47. The molecule has 0 saturated heterocycles. The van der Waals surface area contributed by atoms with Crippen molar-refractivity contribution in [1.29, 1.82) is 0 Å². The van der Waals surface area contributed by atoms with E-state index in [-0.39, 0.29) is 11.4 Å². The second-order valence-corrected chi connectivity index (χ2v) is 6.54. The van der Waals surface area contributed by atoms with Crippen LogP contribution in [0.15, 0.2) is 0 Å². The van der Waals surface area contributed by atoms with Crippen LogP contribution in [0, 0.1) is 16.2 Å². The van der Waals surface area contributed by atoms with Gasteiger partial charge in [-0.2, -0.15) is 0 Å². The van der Waals surface area contributed by atoms with E-state index in [1.807, 2.05) is 0 Å². The van der Waals surface area contributed by atoms with Crippen molar-refractivity contribution in [2.24, 2.45) is 16.2 Å². The molecular weight excluding hydrogens is 176 g/mol. The summed E-state index contributed by atoms with van der Waals surface area (Å²) in [6, 6.07) is 0. The number of carbonyl (C=O) groups is 1. The summed E-state index contributed by atoms with van der Waals surface area (Å²) >= 11 is 0. The Morgan fingerprint density at radius 3 is 2.14 bits per heavy atom. The van der Waals surface area contributed by atoms with Crippen LogP contribution in [0.1, 0.15) is 46.5 Å². The van der Waals surface area contributed by atoms with Gasteiger partial charge in [0.05, 0.1) is 12.5 Å². The Morgan fingerprint density at radius 2 is 1.79 bits per heavy atom. The lowest BCUT2D eigenvalue weighted by atomic mass is 9.33. The smallest absolute Gasteiger partial charge is 0.311 e. The molecule has 0 N–H and O–H groups in total. The van der Waals surface area contributed by atoms with Gasteiger partial charge in [0.15, 0.2) is 0 Å². The van der Waals surface area contributed by atoms with E-state index in [0.717, 1.165) is 19.3 Å². The van der Waals surface area contributed by atoms with Crippen molar-refractivity contribution < 1.29 is 9.53 Å². The largest absolute Gasteiger partial charge is 0.469 e. The quantitative estimate of drug-likeness (QED) is 0.635. The van der Waals surface area contributed by atoms with Gasteiger partial charge in [0.1, 0.15) is 0 Å². The first-order valence-corrected chi connectivity index (χ1v) is 5.39. The zero-order valence-corrected chi connectivity index (χ0v) is 9.64. The van der Waals surface area contributed by atoms with Crippen molar-refractivity contribution in [2.75, 3.05) is 7.11 Å². The highest BCUT2D eigenvalue weighted by Crippen LogP contribution is 2.76. The predicted molar refractivity (Wildman–Crippen MR) is 54.8 cm³/mol. The minimum atomic E-state index is -0.0556. The van der Waals surface area contributed by atoms with E-state index in [9.17, 15) is 4.79 Å². The predicted octanol–water partition coefficient (Wildman–Crippen LogP) is 2.77. The van der Waals surface area contributed by atoms with Gasteiger partial charge in [-0.25, -0.2) is 0 Å². The fourth-order valence-corrected chi connectivity index (χ4v) is 3.74. The van der Waals surface area contributed by atoms with Crippen LogP contribution >= 0.6 is 0 Å². The lowest BCUT2D eigenvalue weighted by Crippen LogP contribution is -2.66. The van der Waals surface area contributed by atoms with Gasteiger partial charge in [-0.15, -0.1) is 0 Å². The second kappa shape index (κ2) is 2.53. The fraction of sp³-hybridized carbons (Fsp3) is 0.917. The summed E-state index contributed by atoms with van der Waals surface area (Å²) in [6.45, 7) is 6.83.